The minimum atomic E-state index is -0.395. The van der Waals surface area contributed by atoms with Crippen LogP contribution in [-0.4, -0.2) is 0 Å². The van der Waals surface area contributed by atoms with E-state index >= 15 is 0 Å². The van der Waals surface area contributed by atoms with E-state index in [0.717, 1.165) is 105 Å². The van der Waals surface area contributed by atoms with Crippen molar-refractivity contribution in [2.45, 2.75) is 57.8 Å². The van der Waals surface area contributed by atoms with Crippen LogP contribution in [0.3, 0.4) is 0 Å². The summed E-state index contributed by atoms with van der Waals surface area (Å²) in [4.78, 5) is 2.47. The first kappa shape index (κ1) is 44.4. The number of benzene rings is 11. The van der Waals surface area contributed by atoms with Crippen molar-refractivity contribution < 1.29 is 17.7 Å². The Morgan fingerprint density at radius 2 is 0.713 bits per heavy atom. The number of para-hydroxylation sites is 4. The molecule has 3 aliphatic carbocycles. The van der Waals surface area contributed by atoms with Crippen LogP contribution in [0.1, 0.15) is 74.9 Å². The van der Waals surface area contributed by atoms with Crippen LogP contribution in [0.25, 0.3) is 132 Å². The van der Waals surface area contributed by atoms with Gasteiger partial charge in [-0.2, -0.15) is 0 Å². The SMILES string of the molecule is CC1(C)c2cc(N(c3ccc4c(c3)C(C)(C)c3cc(-c5cccc6oc7ccccc7c56)c5oc6ccccc6c5c3-4)c3ccc4oc5ccccc5c4c3)ccc2-c2cc3c(cc21)-c1c(ccc2oc4ccccc4c12)C3(C)C. The summed E-state index contributed by atoms with van der Waals surface area (Å²) >= 11 is 0. The summed E-state index contributed by atoms with van der Waals surface area (Å²) in [6, 6.07) is 73.2. The first-order valence-corrected chi connectivity index (χ1v) is 28.0. The molecule has 80 heavy (non-hydrogen) atoms. The van der Waals surface area contributed by atoms with Gasteiger partial charge in [0, 0.05) is 82.0 Å². The zero-order chi connectivity index (χ0) is 53.3. The third-order valence-electron chi connectivity index (χ3n) is 19.1. The lowest BCUT2D eigenvalue weighted by molar-refractivity contribution is 0.651. The van der Waals surface area contributed by atoms with Gasteiger partial charge in [0.2, 0.25) is 0 Å². The summed E-state index contributed by atoms with van der Waals surface area (Å²) in [5.41, 5.74) is 27.2. The van der Waals surface area contributed by atoms with Crippen LogP contribution < -0.4 is 4.90 Å². The molecule has 4 aromatic heterocycles. The van der Waals surface area contributed by atoms with Crippen LogP contribution in [0.2, 0.25) is 0 Å². The van der Waals surface area contributed by atoms with Crippen molar-refractivity contribution >= 4 is 105 Å². The first-order valence-electron chi connectivity index (χ1n) is 28.0. The fraction of sp³-hybridized carbons (Fsp3) is 0.120. The topological polar surface area (TPSA) is 55.8 Å². The van der Waals surface area contributed by atoms with Gasteiger partial charge in [-0.1, -0.05) is 145 Å². The molecule has 0 radical (unpaired) electrons. The number of nitrogens with zero attached hydrogens (tertiary/aromatic N) is 1. The summed E-state index contributed by atoms with van der Waals surface area (Å²) < 4.78 is 26.5. The number of furan rings is 4. The highest BCUT2D eigenvalue weighted by molar-refractivity contribution is 6.22. The quantitative estimate of drug-likeness (QED) is 0.176. The molecular formula is C75H51NO4. The van der Waals surface area contributed by atoms with Gasteiger partial charge in [-0.05, 0) is 169 Å². The zero-order valence-electron chi connectivity index (χ0n) is 45.1. The van der Waals surface area contributed by atoms with E-state index in [0.29, 0.717) is 0 Å². The van der Waals surface area contributed by atoms with E-state index < -0.39 is 5.41 Å². The van der Waals surface area contributed by atoms with Crippen molar-refractivity contribution in [2.24, 2.45) is 0 Å². The highest BCUT2D eigenvalue weighted by Crippen LogP contribution is 2.61. The van der Waals surface area contributed by atoms with Crippen molar-refractivity contribution in [3.05, 3.63) is 234 Å². The summed E-state index contributed by atoms with van der Waals surface area (Å²) in [7, 11) is 0. The Balaban J connectivity index is 0.831. The molecule has 4 heterocycles. The summed E-state index contributed by atoms with van der Waals surface area (Å²) in [6.07, 6.45) is 0. The normalized spacial score (nSPS) is 15.2. The second-order valence-electron chi connectivity index (χ2n) is 24.3. The summed E-state index contributed by atoms with van der Waals surface area (Å²) in [6.45, 7) is 14.4. The van der Waals surface area contributed by atoms with Gasteiger partial charge in [0.15, 0.2) is 0 Å². The smallest absolute Gasteiger partial charge is 0.143 e. The molecule has 3 aliphatic rings. The predicted octanol–water partition coefficient (Wildman–Crippen LogP) is 21.3. The van der Waals surface area contributed by atoms with Crippen LogP contribution in [0.4, 0.5) is 17.1 Å². The van der Waals surface area contributed by atoms with Crippen LogP contribution in [0.15, 0.2) is 218 Å². The molecule has 0 saturated heterocycles. The van der Waals surface area contributed by atoms with Gasteiger partial charge in [-0.15, -0.1) is 0 Å². The molecule has 0 amide bonds. The van der Waals surface area contributed by atoms with E-state index in [9.17, 15) is 0 Å². The Morgan fingerprint density at radius 1 is 0.263 bits per heavy atom. The van der Waals surface area contributed by atoms with Gasteiger partial charge < -0.3 is 22.6 Å². The third-order valence-corrected chi connectivity index (χ3v) is 19.1. The second kappa shape index (κ2) is 15.0. The van der Waals surface area contributed by atoms with Crippen molar-refractivity contribution in [3.8, 4) is 44.5 Å². The number of anilines is 3. The average molecular weight is 1030 g/mol. The minimum absolute atomic E-state index is 0.201. The van der Waals surface area contributed by atoms with Crippen LogP contribution >= 0.6 is 0 Å². The molecule has 0 unspecified atom stereocenters. The predicted molar refractivity (Wildman–Crippen MR) is 328 cm³/mol. The largest absolute Gasteiger partial charge is 0.456 e. The standard InChI is InChI=1S/C75H51NO4/c1-73(2)54-31-33-66-70(48-18-9-13-23-62(48)79-66)69(54)53-39-57-50(37-58(53)73)43-29-26-41(35-55(43)74(57,3)4)76(40-28-32-64-51(34-40)44-16-7-11-21-60(44)77-64)42-27-30-46-56(36-42)75(5,6)59-38-52(72-71(68(46)59)49-19-10-14-24-63(49)80-72)45-20-15-25-65-67(45)47-17-8-12-22-61(47)78-65/h7-39H,1-6H3. The Hall–Kier alpha value is -9.58. The van der Waals surface area contributed by atoms with Crippen LogP contribution in [0.5, 0.6) is 0 Å². The van der Waals surface area contributed by atoms with E-state index in [1.807, 2.05) is 12.1 Å². The van der Waals surface area contributed by atoms with Crippen molar-refractivity contribution in [2.75, 3.05) is 4.90 Å². The van der Waals surface area contributed by atoms with E-state index in [4.69, 9.17) is 17.7 Å². The molecule has 15 aromatic rings. The average Bonchev–Trinajstić information content (AvgIpc) is 4.35. The van der Waals surface area contributed by atoms with E-state index in [2.05, 4.69) is 234 Å². The van der Waals surface area contributed by atoms with E-state index in [1.54, 1.807) is 0 Å². The number of hydrogen-bond acceptors (Lipinski definition) is 5. The number of rotatable bonds is 4. The molecular weight excluding hydrogens is 979 g/mol. The van der Waals surface area contributed by atoms with Gasteiger partial charge >= 0.3 is 0 Å². The van der Waals surface area contributed by atoms with Gasteiger partial charge in [-0.3, -0.25) is 0 Å². The molecule has 0 atom stereocenters. The Labute approximate surface area is 460 Å². The summed E-state index contributed by atoms with van der Waals surface area (Å²) in [5, 5.41) is 9.02. The number of fused-ring (bicyclic) bond motifs is 23. The zero-order valence-corrected chi connectivity index (χ0v) is 45.1. The second-order valence-corrected chi connectivity index (χ2v) is 24.3. The Bertz CT molecular complexity index is 5300. The van der Waals surface area contributed by atoms with Crippen LogP contribution in [0, 0.1) is 0 Å². The molecule has 0 N–H and O–H groups in total. The third kappa shape index (κ3) is 5.56. The highest BCUT2D eigenvalue weighted by Gasteiger charge is 2.44. The molecule has 0 spiro atoms. The molecule has 0 aliphatic heterocycles. The minimum Gasteiger partial charge on any atom is -0.456 e. The maximum Gasteiger partial charge on any atom is 0.143 e. The molecule has 0 bridgehead atoms. The Morgan fingerprint density at radius 3 is 1.44 bits per heavy atom. The Kier molecular flexibility index (Phi) is 8.30. The summed E-state index contributed by atoms with van der Waals surface area (Å²) in [5.74, 6) is 0. The maximum atomic E-state index is 7.02. The molecule has 5 nitrogen and oxygen atoms in total. The van der Waals surface area contributed by atoms with Gasteiger partial charge in [0.1, 0.15) is 44.7 Å². The van der Waals surface area contributed by atoms with Crippen molar-refractivity contribution in [1.29, 1.82) is 0 Å². The van der Waals surface area contributed by atoms with Crippen molar-refractivity contribution in [3.63, 3.8) is 0 Å². The lowest BCUT2D eigenvalue weighted by atomic mass is 9.79. The van der Waals surface area contributed by atoms with Gasteiger partial charge in [0.25, 0.3) is 0 Å². The molecule has 0 saturated carbocycles. The highest BCUT2D eigenvalue weighted by atomic mass is 16.3. The number of hydrogen-bond donors (Lipinski definition) is 0. The molecule has 380 valence electrons. The van der Waals surface area contributed by atoms with E-state index in [-0.39, 0.29) is 10.8 Å². The molecule has 11 aromatic carbocycles. The molecule has 5 heteroatoms. The maximum absolute atomic E-state index is 7.02. The fourth-order valence-corrected chi connectivity index (χ4v) is 15.1. The van der Waals surface area contributed by atoms with Gasteiger partial charge in [0.05, 0.1) is 0 Å². The lowest BCUT2D eigenvalue weighted by Gasteiger charge is -2.30. The monoisotopic (exact) mass is 1030 g/mol. The van der Waals surface area contributed by atoms with Crippen LogP contribution in [-0.2, 0) is 16.2 Å². The van der Waals surface area contributed by atoms with Gasteiger partial charge in [-0.25, -0.2) is 0 Å². The van der Waals surface area contributed by atoms with E-state index in [1.165, 1.54) is 77.5 Å². The lowest BCUT2D eigenvalue weighted by Crippen LogP contribution is -2.18. The first-order chi connectivity index (χ1) is 38.9. The molecule has 0 fully saturated rings. The molecule has 18 rings (SSSR count). The fourth-order valence-electron chi connectivity index (χ4n) is 15.1. The van der Waals surface area contributed by atoms with Crippen molar-refractivity contribution in [1.82, 2.24) is 0 Å².